The maximum Gasteiger partial charge on any atom is 0.0764 e. The molecule has 3 unspecified atom stereocenters. The van der Waals surface area contributed by atoms with Gasteiger partial charge in [0.15, 0.2) is 0 Å². The Hall–Kier alpha value is -0.380. The van der Waals surface area contributed by atoms with Crippen LogP contribution in [0.5, 0.6) is 0 Å². The molecule has 3 heteroatoms. The molecule has 1 aliphatic carbocycles. The highest BCUT2D eigenvalue weighted by atomic mass is 79.9. The molecule has 0 spiro atoms. The first-order valence-corrected chi connectivity index (χ1v) is 8.34. The normalized spacial score (nSPS) is 28.6. The van der Waals surface area contributed by atoms with Gasteiger partial charge in [-0.1, -0.05) is 53.9 Å². The lowest BCUT2D eigenvalue weighted by molar-refractivity contribution is -0.0425. The molecule has 0 aliphatic heterocycles. The van der Waals surface area contributed by atoms with Crippen LogP contribution in [0.15, 0.2) is 28.7 Å². The summed E-state index contributed by atoms with van der Waals surface area (Å²) in [4.78, 5) is 2.25. The van der Waals surface area contributed by atoms with Crippen molar-refractivity contribution in [3.63, 3.8) is 0 Å². The predicted molar refractivity (Wildman–Crippen MR) is 87.9 cm³/mol. The third-order valence-electron chi connectivity index (χ3n) is 4.89. The van der Waals surface area contributed by atoms with Gasteiger partial charge in [0.2, 0.25) is 0 Å². The van der Waals surface area contributed by atoms with E-state index in [1.807, 2.05) is 18.2 Å². The Morgan fingerprint density at radius 1 is 1.40 bits per heavy atom. The first kappa shape index (κ1) is 16.0. The maximum absolute atomic E-state index is 10.9. The van der Waals surface area contributed by atoms with Gasteiger partial charge in [-0.3, -0.25) is 0 Å². The van der Waals surface area contributed by atoms with Gasteiger partial charge in [0.05, 0.1) is 6.10 Å². The number of aliphatic hydroxyl groups is 1. The largest absolute Gasteiger partial charge is 0.391 e. The Labute approximate surface area is 131 Å². The van der Waals surface area contributed by atoms with Gasteiger partial charge in [-0.2, -0.15) is 0 Å². The molecule has 2 nitrogen and oxygen atoms in total. The lowest BCUT2D eigenvalue weighted by atomic mass is 9.71. The summed E-state index contributed by atoms with van der Waals surface area (Å²) >= 11 is 3.59. The van der Waals surface area contributed by atoms with E-state index < -0.39 is 0 Å². The van der Waals surface area contributed by atoms with Crippen molar-refractivity contribution < 1.29 is 5.11 Å². The highest BCUT2D eigenvalue weighted by Crippen LogP contribution is 2.39. The molecule has 20 heavy (non-hydrogen) atoms. The fourth-order valence-electron chi connectivity index (χ4n) is 3.63. The van der Waals surface area contributed by atoms with Gasteiger partial charge in [-0.05, 0) is 44.5 Å². The molecule has 0 amide bonds. The Morgan fingerprint density at radius 3 is 2.70 bits per heavy atom. The van der Waals surface area contributed by atoms with Gasteiger partial charge in [0.25, 0.3) is 0 Å². The lowest BCUT2D eigenvalue weighted by Gasteiger charge is -2.48. The van der Waals surface area contributed by atoms with E-state index in [0.717, 1.165) is 17.3 Å². The second kappa shape index (κ2) is 6.59. The van der Waals surface area contributed by atoms with E-state index in [0.29, 0.717) is 12.3 Å². The van der Waals surface area contributed by atoms with E-state index in [9.17, 15) is 5.11 Å². The quantitative estimate of drug-likeness (QED) is 0.900. The van der Waals surface area contributed by atoms with Crippen LogP contribution < -0.4 is 0 Å². The molecule has 112 valence electrons. The number of nitrogens with zero attached hydrogens (tertiary/aromatic N) is 1. The van der Waals surface area contributed by atoms with E-state index in [4.69, 9.17) is 0 Å². The van der Waals surface area contributed by atoms with Crippen LogP contribution in [0, 0.1) is 5.92 Å². The molecule has 1 aromatic carbocycles. The van der Waals surface area contributed by atoms with Crippen molar-refractivity contribution in [1.82, 2.24) is 4.90 Å². The molecule has 0 aromatic heterocycles. The van der Waals surface area contributed by atoms with Crippen LogP contribution in [0.3, 0.4) is 0 Å². The number of hydrogen-bond acceptors (Lipinski definition) is 2. The minimum Gasteiger partial charge on any atom is -0.391 e. The van der Waals surface area contributed by atoms with Crippen molar-refractivity contribution in [2.45, 2.75) is 50.7 Å². The van der Waals surface area contributed by atoms with E-state index in [-0.39, 0.29) is 11.6 Å². The molecule has 0 bridgehead atoms. The molecule has 0 radical (unpaired) electrons. The van der Waals surface area contributed by atoms with Gasteiger partial charge in [0.1, 0.15) is 0 Å². The molecule has 3 atom stereocenters. The van der Waals surface area contributed by atoms with Crippen LogP contribution in [0.2, 0.25) is 0 Å². The molecule has 1 aliphatic rings. The van der Waals surface area contributed by atoms with Gasteiger partial charge < -0.3 is 10.0 Å². The first-order valence-electron chi connectivity index (χ1n) is 7.54. The number of halogens is 1. The van der Waals surface area contributed by atoms with Gasteiger partial charge in [-0.15, -0.1) is 0 Å². The standard InChI is InChI=1S/C17H26BrNO/c1-13-7-6-10-17(12-13,19(2)3)16(20)11-14-8-4-5-9-15(14)18/h4-5,8-9,13,16,20H,6-7,10-12H2,1-3H3. The van der Waals surface area contributed by atoms with Crippen LogP contribution in [0.1, 0.15) is 38.2 Å². The highest BCUT2D eigenvalue weighted by Gasteiger charge is 2.42. The van der Waals surface area contributed by atoms with Crippen molar-refractivity contribution in [1.29, 1.82) is 0 Å². The van der Waals surface area contributed by atoms with Crippen LogP contribution in [-0.2, 0) is 6.42 Å². The highest BCUT2D eigenvalue weighted by molar-refractivity contribution is 9.10. The number of rotatable bonds is 4. The number of hydrogen-bond donors (Lipinski definition) is 1. The molecule has 2 rings (SSSR count). The number of aliphatic hydroxyl groups excluding tert-OH is 1. The molecule has 1 N–H and O–H groups in total. The summed E-state index contributed by atoms with van der Waals surface area (Å²) in [5.74, 6) is 0.694. The number of benzene rings is 1. The smallest absolute Gasteiger partial charge is 0.0764 e. The van der Waals surface area contributed by atoms with Crippen molar-refractivity contribution in [3.05, 3.63) is 34.3 Å². The van der Waals surface area contributed by atoms with E-state index in [2.05, 4.69) is 47.9 Å². The Kier molecular flexibility index (Phi) is 5.27. The zero-order valence-corrected chi connectivity index (χ0v) is 14.4. The zero-order chi connectivity index (χ0) is 14.8. The van der Waals surface area contributed by atoms with Crippen LogP contribution >= 0.6 is 15.9 Å². The molecule has 1 saturated carbocycles. The average molecular weight is 340 g/mol. The Bertz CT molecular complexity index is 448. The minimum atomic E-state index is -0.320. The van der Waals surface area contributed by atoms with E-state index in [1.165, 1.54) is 18.4 Å². The zero-order valence-electron chi connectivity index (χ0n) is 12.8. The first-order chi connectivity index (χ1) is 9.45. The summed E-state index contributed by atoms with van der Waals surface area (Å²) in [5, 5.41) is 10.9. The molecule has 0 heterocycles. The number of likely N-dealkylation sites (N-methyl/N-ethyl adjacent to an activating group) is 1. The second-order valence-electron chi connectivity index (χ2n) is 6.51. The van der Waals surface area contributed by atoms with Crippen molar-refractivity contribution >= 4 is 15.9 Å². The fraction of sp³-hybridized carbons (Fsp3) is 0.647. The monoisotopic (exact) mass is 339 g/mol. The molecule has 1 fully saturated rings. The van der Waals surface area contributed by atoms with Crippen LogP contribution in [0.4, 0.5) is 0 Å². The average Bonchev–Trinajstić information content (AvgIpc) is 2.41. The van der Waals surface area contributed by atoms with E-state index in [1.54, 1.807) is 0 Å². The Morgan fingerprint density at radius 2 is 2.10 bits per heavy atom. The van der Waals surface area contributed by atoms with E-state index >= 15 is 0 Å². The third kappa shape index (κ3) is 3.26. The fourth-order valence-corrected chi connectivity index (χ4v) is 4.08. The summed E-state index contributed by atoms with van der Waals surface area (Å²) in [5.41, 5.74) is 1.12. The molecular weight excluding hydrogens is 314 g/mol. The van der Waals surface area contributed by atoms with Crippen molar-refractivity contribution in [3.8, 4) is 0 Å². The van der Waals surface area contributed by atoms with Crippen LogP contribution in [-0.4, -0.2) is 35.7 Å². The molecule has 0 saturated heterocycles. The van der Waals surface area contributed by atoms with Gasteiger partial charge >= 0.3 is 0 Å². The third-order valence-corrected chi connectivity index (χ3v) is 5.66. The lowest BCUT2D eigenvalue weighted by Crippen LogP contribution is -2.56. The second-order valence-corrected chi connectivity index (χ2v) is 7.37. The maximum atomic E-state index is 10.9. The van der Waals surface area contributed by atoms with Gasteiger partial charge in [0, 0.05) is 16.4 Å². The molecule has 1 aromatic rings. The SMILES string of the molecule is CC1CCCC(C(O)Cc2ccccc2Br)(N(C)C)C1. The summed E-state index contributed by atoms with van der Waals surface area (Å²) in [7, 11) is 4.22. The Balaban J connectivity index is 2.19. The van der Waals surface area contributed by atoms with Crippen LogP contribution in [0.25, 0.3) is 0 Å². The summed E-state index contributed by atoms with van der Waals surface area (Å²) in [6, 6.07) is 8.21. The molecular formula is C17H26BrNO. The van der Waals surface area contributed by atoms with Crippen molar-refractivity contribution in [2.75, 3.05) is 14.1 Å². The minimum absolute atomic E-state index is 0.0764. The topological polar surface area (TPSA) is 23.5 Å². The summed E-state index contributed by atoms with van der Waals surface area (Å²) in [6.45, 7) is 2.31. The van der Waals surface area contributed by atoms with Crippen molar-refractivity contribution in [2.24, 2.45) is 5.92 Å². The summed E-state index contributed by atoms with van der Waals surface area (Å²) in [6.07, 6.45) is 5.08. The predicted octanol–water partition coefficient (Wildman–Crippen LogP) is 3.86. The summed E-state index contributed by atoms with van der Waals surface area (Å²) < 4.78 is 1.09. The van der Waals surface area contributed by atoms with Gasteiger partial charge in [-0.25, -0.2) is 0 Å².